The number of ketones is 1. The van der Waals surface area contributed by atoms with Gasteiger partial charge in [0.25, 0.3) is 0 Å². The number of carbonyl (C=O) groups is 3. The summed E-state index contributed by atoms with van der Waals surface area (Å²) in [6, 6.07) is 13.5. The second-order valence-electron chi connectivity index (χ2n) is 10.1. The zero-order chi connectivity index (χ0) is 28.1. The van der Waals surface area contributed by atoms with Gasteiger partial charge in [0.15, 0.2) is 5.78 Å². The van der Waals surface area contributed by atoms with Gasteiger partial charge in [-0.15, -0.1) is 0 Å². The lowest BCUT2D eigenvalue weighted by Crippen LogP contribution is -2.17. The Morgan fingerprint density at radius 3 is 1.92 bits per heavy atom. The van der Waals surface area contributed by atoms with E-state index >= 15 is 0 Å². The largest absolute Gasteiger partial charge is 0.326 e. The minimum Gasteiger partial charge on any atom is -0.326 e. The first-order valence-electron chi connectivity index (χ1n) is 14.6. The fourth-order valence-corrected chi connectivity index (χ4v) is 4.51. The van der Waals surface area contributed by atoms with Gasteiger partial charge in [-0.05, 0) is 68.5 Å². The van der Waals surface area contributed by atoms with Crippen LogP contribution in [0.4, 0.5) is 11.4 Å². The molecule has 2 amide bonds. The molecule has 0 saturated heterocycles. The maximum Gasteiger partial charge on any atom is 0.232 e. The summed E-state index contributed by atoms with van der Waals surface area (Å²) in [4.78, 5) is 36.9. The summed E-state index contributed by atoms with van der Waals surface area (Å²) in [6.45, 7) is 2.25. The van der Waals surface area contributed by atoms with Gasteiger partial charge in [0.1, 0.15) is 0 Å². The smallest absolute Gasteiger partial charge is 0.232 e. The number of anilines is 2. The highest BCUT2D eigenvalue weighted by atomic mass is 35.5. The topological polar surface area (TPSA) is 75.3 Å². The van der Waals surface area contributed by atoms with Crippen molar-refractivity contribution in [2.24, 2.45) is 0 Å². The molecule has 0 heterocycles. The summed E-state index contributed by atoms with van der Waals surface area (Å²) in [5, 5.41) is 5.95. The van der Waals surface area contributed by atoms with Gasteiger partial charge in [-0.1, -0.05) is 94.2 Å². The predicted octanol–water partition coefficient (Wildman–Crippen LogP) is 9.53. The van der Waals surface area contributed by atoms with Crippen LogP contribution in [0.3, 0.4) is 0 Å². The highest BCUT2D eigenvalue weighted by Crippen LogP contribution is 2.21. The van der Waals surface area contributed by atoms with Crippen molar-refractivity contribution in [2.45, 2.75) is 103 Å². The molecule has 2 aromatic rings. The number of hydrogen-bond donors (Lipinski definition) is 2. The number of allylic oxidation sites excluding steroid dienone is 2. The van der Waals surface area contributed by atoms with Crippen LogP contribution in [0.25, 0.3) is 0 Å². The van der Waals surface area contributed by atoms with Crippen LogP contribution in [-0.4, -0.2) is 17.6 Å². The number of amides is 2. The molecule has 212 valence electrons. The number of para-hydroxylation sites is 1. The Bertz CT molecular complexity index is 1030. The van der Waals surface area contributed by atoms with E-state index in [1.807, 2.05) is 0 Å². The van der Waals surface area contributed by atoms with Crippen LogP contribution in [0.1, 0.15) is 114 Å². The van der Waals surface area contributed by atoms with Gasteiger partial charge in [-0.3, -0.25) is 14.4 Å². The molecule has 0 fully saturated rings. The summed E-state index contributed by atoms with van der Waals surface area (Å²) < 4.78 is 0. The Morgan fingerprint density at radius 2 is 1.28 bits per heavy atom. The SMILES string of the molecule is CCCCCCCCC=CCCCCCCCC(=O)Nc1ccc(C(=O)CC(=O)Nc2ccccc2Cl)cc1. The number of Topliss-reactive ketones (excluding diaryl/α,β-unsaturated/α-hetero) is 1. The molecule has 2 rings (SSSR count). The lowest BCUT2D eigenvalue weighted by atomic mass is 10.1. The average molecular weight is 553 g/mol. The first-order valence-corrected chi connectivity index (χ1v) is 15.0. The van der Waals surface area contributed by atoms with Gasteiger partial charge < -0.3 is 10.6 Å². The highest BCUT2D eigenvalue weighted by Gasteiger charge is 2.13. The summed E-state index contributed by atoms with van der Waals surface area (Å²) in [5.74, 6) is -0.748. The Hall–Kier alpha value is -2.92. The molecule has 39 heavy (non-hydrogen) atoms. The summed E-state index contributed by atoms with van der Waals surface area (Å²) in [5.41, 5.74) is 1.53. The molecule has 2 N–H and O–H groups in total. The Kier molecular flexibility index (Phi) is 16.6. The van der Waals surface area contributed by atoms with Crippen LogP contribution in [-0.2, 0) is 9.59 Å². The van der Waals surface area contributed by atoms with Crippen LogP contribution in [0.5, 0.6) is 0 Å². The number of hydrogen-bond acceptors (Lipinski definition) is 3. The van der Waals surface area contributed by atoms with Crippen molar-refractivity contribution >= 4 is 40.6 Å². The van der Waals surface area contributed by atoms with E-state index < -0.39 is 5.91 Å². The number of halogens is 1. The lowest BCUT2D eigenvalue weighted by molar-refractivity contribution is -0.116. The molecule has 0 aliphatic rings. The highest BCUT2D eigenvalue weighted by molar-refractivity contribution is 6.33. The maximum absolute atomic E-state index is 12.4. The van der Waals surface area contributed by atoms with E-state index in [2.05, 4.69) is 29.7 Å². The van der Waals surface area contributed by atoms with Crippen molar-refractivity contribution in [3.63, 3.8) is 0 Å². The normalized spacial score (nSPS) is 11.0. The zero-order valence-corrected chi connectivity index (χ0v) is 24.2. The summed E-state index contributed by atoms with van der Waals surface area (Å²) in [7, 11) is 0. The Labute approximate surface area is 239 Å². The first-order chi connectivity index (χ1) is 19.0. The number of benzene rings is 2. The van der Waals surface area contributed by atoms with Crippen molar-refractivity contribution in [3.05, 3.63) is 71.3 Å². The molecule has 0 spiro atoms. The van der Waals surface area contributed by atoms with E-state index in [4.69, 9.17) is 11.6 Å². The molecule has 2 aromatic carbocycles. The van der Waals surface area contributed by atoms with Crippen molar-refractivity contribution < 1.29 is 14.4 Å². The monoisotopic (exact) mass is 552 g/mol. The second-order valence-corrected chi connectivity index (χ2v) is 10.5. The summed E-state index contributed by atoms with van der Waals surface area (Å²) >= 11 is 6.04. The summed E-state index contributed by atoms with van der Waals surface area (Å²) in [6.07, 6.45) is 20.8. The third-order valence-electron chi connectivity index (χ3n) is 6.63. The van der Waals surface area contributed by atoms with Crippen LogP contribution in [0.2, 0.25) is 5.02 Å². The molecule has 5 nitrogen and oxygen atoms in total. The Balaban J connectivity index is 1.52. The van der Waals surface area contributed by atoms with Crippen LogP contribution in [0.15, 0.2) is 60.7 Å². The number of unbranched alkanes of at least 4 members (excludes halogenated alkanes) is 11. The molecule has 0 aliphatic carbocycles. The van der Waals surface area contributed by atoms with Gasteiger partial charge in [0.05, 0.1) is 17.1 Å². The number of carbonyl (C=O) groups excluding carboxylic acids is 3. The van der Waals surface area contributed by atoms with Crippen molar-refractivity contribution in [1.29, 1.82) is 0 Å². The third-order valence-corrected chi connectivity index (χ3v) is 6.95. The quantitative estimate of drug-likeness (QED) is 0.0743. The van der Waals surface area contributed by atoms with Gasteiger partial charge in [-0.25, -0.2) is 0 Å². The molecular formula is C33H45ClN2O3. The molecule has 0 aliphatic heterocycles. The fourth-order valence-electron chi connectivity index (χ4n) is 4.32. The molecule has 6 heteroatoms. The van der Waals surface area contributed by atoms with Gasteiger partial charge >= 0.3 is 0 Å². The van der Waals surface area contributed by atoms with E-state index in [1.54, 1.807) is 48.5 Å². The third kappa shape index (κ3) is 14.7. The van der Waals surface area contributed by atoms with Gasteiger partial charge in [-0.2, -0.15) is 0 Å². The standard InChI is InChI=1S/C33H45ClN2O3/c1-2-3-4-5-6-7-8-9-10-11-12-13-14-15-16-21-32(38)35-28-24-22-27(23-25-28)31(37)26-33(39)36-30-20-18-17-19-29(30)34/h9-10,17-20,22-25H,2-8,11-16,21,26H2,1H3,(H,35,38)(H,36,39). The average Bonchev–Trinajstić information content (AvgIpc) is 2.92. The molecular weight excluding hydrogens is 508 g/mol. The molecule has 0 saturated carbocycles. The molecule has 0 aromatic heterocycles. The van der Waals surface area contributed by atoms with Crippen molar-refractivity contribution in [1.82, 2.24) is 0 Å². The minimum absolute atomic E-state index is 0.0224. The number of nitrogens with one attached hydrogen (secondary N) is 2. The molecule has 0 bridgehead atoms. The van der Waals surface area contributed by atoms with E-state index in [-0.39, 0.29) is 18.1 Å². The van der Waals surface area contributed by atoms with Gasteiger partial charge in [0.2, 0.25) is 11.8 Å². The zero-order valence-electron chi connectivity index (χ0n) is 23.5. The number of rotatable bonds is 20. The fraction of sp³-hybridized carbons (Fsp3) is 0.485. The predicted molar refractivity (Wildman–Crippen MR) is 164 cm³/mol. The van der Waals surface area contributed by atoms with Gasteiger partial charge in [0, 0.05) is 17.7 Å². The Morgan fingerprint density at radius 1 is 0.692 bits per heavy atom. The maximum atomic E-state index is 12.4. The van der Waals surface area contributed by atoms with Crippen LogP contribution < -0.4 is 10.6 Å². The lowest BCUT2D eigenvalue weighted by Gasteiger charge is -2.08. The van der Waals surface area contributed by atoms with E-state index in [1.165, 1.54) is 57.8 Å². The second kappa shape index (κ2) is 20.0. The van der Waals surface area contributed by atoms with E-state index in [0.717, 1.165) is 25.7 Å². The van der Waals surface area contributed by atoms with E-state index in [9.17, 15) is 14.4 Å². The van der Waals surface area contributed by atoms with Crippen LogP contribution in [0, 0.1) is 0 Å². The van der Waals surface area contributed by atoms with E-state index in [0.29, 0.717) is 28.4 Å². The first kappa shape index (κ1) is 32.3. The molecule has 0 atom stereocenters. The van der Waals surface area contributed by atoms with Crippen molar-refractivity contribution in [3.8, 4) is 0 Å². The molecule has 0 radical (unpaired) electrons. The molecule has 0 unspecified atom stereocenters. The van der Waals surface area contributed by atoms with Crippen molar-refractivity contribution in [2.75, 3.05) is 10.6 Å². The van der Waals surface area contributed by atoms with Crippen LogP contribution >= 0.6 is 11.6 Å². The minimum atomic E-state index is -0.426.